The van der Waals surface area contributed by atoms with Crippen LogP contribution in [0.3, 0.4) is 0 Å². The second-order valence-electron chi connectivity index (χ2n) is 4.90. The van der Waals surface area contributed by atoms with E-state index in [4.69, 9.17) is 4.74 Å². The van der Waals surface area contributed by atoms with Crippen LogP contribution >= 0.6 is 0 Å². The van der Waals surface area contributed by atoms with E-state index in [1.807, 2.05) is 38.1 Å². The highest BCUT2D eigenvalue weighted by Gasteiger charge is 2.35. The second kappa shape index (κ2) is 4.46. The summed E-state index contributed by atoms with van der Waals surface area (Å²) in [5.41, 5.74) is 0.298. The summed E-state index contributed by atoms with van der Waals surface area (Å²) in [6, 6.07) is 7.87. The van der Waals surface area contributed by atoms with Gasteiger partial charge >= 0.3 is 0 Å². The number of rotatable bonds is 3. The largest absolute Gasteiger partial charge is 0.491 e. The predicted octanol–water partition coefficient (Wildman–Crippen LogP) is 3.24. The van der Waals surface area contributed by atoms with E-state index >= 15 is 0 Å². The molecule has 0 amide bonds. The molecule has 88 valence electrons. The van der Waals surface area contributed by atoms with Crippen LogP contribution in [-0.2, 0) is 5.60 Å². The fourth-order valence-electron chi connectivity index (χ4n) is 2.44. The summed E-state index contributed by atoms with van der Waals surface area (Å²) in [4.78, 5) is 0. The number of hydrogen-bond donors (Lipinski definition) is 1. The maximum absolute atomic E-state index is 10.6. The zero-order valence-electron chi connectivity index (χ0n) is 10.1. The van der Waals surface area contributed by atoms with Gasteiger partial charge in [0.1, 0.15) is 5.75 Å². The van der Waals surface area contributed by atoms with Crippen molar-refractivity contribution in [1.82, 2.24) is 0 Å². The van der Waals surface area contributed by atoms with Crippen molar-refractivity contribution >= 4 is 0 Å². The molecule has 0 aliphatic heterocycles. The van der Waals surface area contributed by atoms with Crippen molar-refractivity contribution in [2.75, 3.05) is 0 Å². The minimum absolute atomic E-state index is 0.145. The minimum atomic E-state index is -0.661. The van der Waals surface area contributed by atoms with Crippen LogP contribution in [0, 0.1) is 0 Å². The lowest BCUT2D eigenvalue weighted by atomic mass is 9.91. The molecule has 1 aliphatic rings. The average molecular weight is 220 g/mol. The van der Waals surface area contributed by atoms with Crippen molar-refractivity contribution in [2.45, 2.75) is 51.2 Å². The van der Waals surface area contributed by atoms with Gasteiger partial charge in [0.25, 0.3) is 0 Å². The smallest absolute Gasteiger partial charge is 0.125 e. The third kappa shape index (κ3) is 2.22. The first-order valence-electron chi connectivity index (χ1n) is 6.10. The second-order valence-corrected chi connectivity index (χ2v) is 4.90. The van der Waals surface area contributed by atoms with Crippen molar-refractivity contribution in [1.29, 1.82) is 0 Å². The molecule has 2 nitrogen and oxygen atoms in total. The van der Waals surface area contributed by atoms with Crippen LogP contribution in [0.15, 0.2) is 24.3 Å². The summed E-state index contributed by atoms with van der Waals surface area (Å²) in [5.74, 6) is 0.835. The van der Waals surface area contributed by atoms with Gasteiger partial charge in [0.05, 0.1) is 11.7 Å². The molecule has 1 N–H and O–H groups in total. The summed E-state index contributed by atoms with van der Waals surface area (Å²) in [7, 11) is 0. The molecule has 0 atom stereocenters. The Balaban J connectivity index is 2.32. The minimum Gasteiger partial charge on any atom is -0.491 e. The molecular weight excluding hydrogens is 200 g/mol. The first-order valence-corrected chi connectivity index (χ1v) is 6.10. The number of ether oxygens (including phenoxy) is 1. The Morgan fingerprint density at radius 2 is 1.81 bits per heavy atom. The van der Waals surface area contributed by atoms with Gasteiger partial charge in [-0.2, -0.15) is 0 Å². The van der Waals surface area contributed by atoms with Gasteiger partial charge in [-0.1, -0.05) is 31.0 Å². The van der Waals surface area contributed by atoms with E-state index < -0.39 is 5.60 Å². The molecule has 0 aromatic heterocycles. The van der Waals surface area contributed by atoms with Crippen LogP contribution in [0.1, 0.15) is 45.1 Å². The molecule has 0 spiro atoms. The maximum Gasteiger partial charge on any atom is 0.125 e. The molecule has 0 bridgehead atoms. The van der Waals surface area contributed by atoms with Gasteiger partial charge in [0.2, 0.25) is 0 Å². The van der Waals surface area contributed by atoms with E-state index in [2.05, 4.69) is 0 Å². The molecule has 0 heterocycles. The molecule has 0 unspecified atom stereocenters. The average Bonchev–Trinajstić information content (AvgIpc) is 2.66. The third-order valence-electron chi connectivity index (χ3n) is 3.18. The van der Waals surface area contributed by atoms with Gasteiger partial charge in [0, 0.05) is 5.56 Å². The summed E-state index contributed by atoms with van der Waals surface area (Å²) >= 11 is 0. The highest BCUT2D eigenvalue weighted by atomic mass is 16.5. The fraction of sp³-hybridized carbons (Fsp3) is 0.571. The molecule has 0 saturated heterocycles. The van der Waals surface area contributed by atoms with E-state index in [-0.39, 0.29) is 6.10 Å². The van der Waals surface area contributed by atoms with Crippen LogP contribution in [0.25, 0.3) is 0 Å². The molecule has 2 heteroatoms. The predicted molar refractivity (Wildman–Crippen MR) is 64.6 cm³/mol. The standard InChI is InChI=1S/C14H20O2/c1-11(2)16-13-8-4-3-7-12(13)14(15)9-5-6-10-14/h3-4,7-8,11,15H,5-6,9-10H2,1-2H3. The zero-order chi connectivity index (χ0) is 11.6. The Hall–Kier alpha value is -1.02. The lowest BCUT2D eigenvalue weighted by Gasteiger charge is -2.26. The Kier molecular flexibility index (Phi) is 3.20. The fourth-order valence-corrected chi connectivity index (χ4v) is 2.44. The zero-order valence-corrected chi connectivity index (χ0v) is 10.1. The quantitative estimate of drug-likeness (QED) is 0.847. The van der Waals surface area contributed by atoms with Gasteiger partial charge in [0.15, 0.2) is 0 Å². The van der Waals surface area contributed by atoms with Gasteiger partial charge in [-0.3, -0.25) is 0 Å². The van der Waals surface area contributed by atoms with Gasteiger partial charge in [-0.15, -0.1) is 0 Å². The highest BCUT2D eigenvalue weighted by Crippen LogP contribution is 2.42. The monoisotopic (exact) mass is 220 g/mol. The van der Waals surface area contributed by atoms with Gasteiger partial charge in [-0.25, -0.2) is 0 Å². The molecule has 1 aromatic carbocycles. The first kappa shape index (κ1) is 11.5. The molecule has 0 radical (unpaired) electrons. The van der Waals surface area contributed by atoms with Crippen LogP contribution in [-0.4, -0.2) is 11.2 Å². The Morgan fingerprint density at radius 3 is 2.44 bits per heavy atom. The van der Waals surface area contributed by atoms with E-state index in [1.54, 1.807) is 0 Å². The summed E-state index contributed by atoms with van der Waals surface area (Å²) in [5, 5.41) is 10.6. The molecule has 2 rings (SSSR count). The normalized spacial score (nSPS) is 19.0. The van der Waals surface area contributed by atoms with Crippen LogP contribution in [0.4, 0.5) is 0 Å². The van der Waals surface area contributed by atoms with E-state index in [0.29, 0.717) is 0 Å². The van der Waals surface area contributed by atoms with E-state index in [9.17, 15) is 5.11 Å². The molecule has 1 aromatic rings. The third-order valence-corrected chi connectivity index (χ3v) is 3.18. The number of benzene rings is 1. The Labute approximate surface area is 97.3 Å². The van der Waals surface area contributed by atoms with Crippen molar-refractivity contribution < 1.29 is 9.84 Å². The molecule has 16 heavy (non-hydrogen) atoms. The molecule has 1 saturated carbocycles. The molecule has 1 aliphatic carbocycles. The number of para-hydroxylation sites is 1. The van der Waals surface area contributed by atoms with Gasteiger partial charge in [-0.05, 0) is 32.8 Å². The summed E-state index contributed by atoms with van der Waals surface area (Å²) in [6.45, 7) is 4.02. The van der Waals surface area contributed by atoms with Crippen LogP contribution < -0.4 is 4.74 Å². The highest BCUT2D eigenvalue weighted by molar-refractivity contribution is 5.38. The SMILES string of the molecule is CC(C)Oc1ccccc1C1(O)CCCC1. The van der Waals surface area contributed by atoms with Crippen LogP contribution in [0.2, 0.25) is 0 Å². The molecular formula is C14H20O2. The van der Waals surface area contributed by atoms with Crippen molar-refractivity contribution in [3.63, 3.8) is 0 Å². The topological polar surface area (TPSA) is 29.5 Å². The Bertz CT molecular complexity index is 352. The lowest BCUT2D eigenvalue weighted by Crippen LogP contribution is -2.22. The van der Waals surface area contributed by atoms with Crippen molar-refractivity contribution in [3.05, 3.63) is 29.8 Å². The number of aliphatic hydroxyl groups is 1. The van der Waals surface area contributed by atoms with E-state index in [1.165, 1.54) is 0 Å². The van der Waals surface area contributed by atoms with Crippen molar-refractivity contribution in [2.24, 2.45) is 0 Å². The van der Waals surface area contributed by atoms with Crippen molar-refractivity contribution in [3.8, 4) is 5.75 Å². The summed E-state index contributed by atoms with van der Waals surface area (Å²) < 4.78 is 5.76. The summed E-state index contributed by atoms with van der Waals surface area (Å²) in [6.07, 6.45) is 4.06. The maximum atomic E-state index is 10.6. The van der Waals surface area contributed by atoms with E-state index in [0.717, 1.165) is 37.0 Å². The lowest BCUT2D eigenvalue weighted by molar-refractivity contribution is 0.0402. The van der Waals surface area contributed by atoms with Gasteiger partial charge < -0.3 is 9.84 Å². The molecule has 1 fully saturated rings. The first-order chi connectivity index (χ1) is 7.62. The van der Waals surface area contributed by atoms with Crippen LogP contribution in [0.5, 0.6) is 5.75 Å². The Morgan fingerprint density at radius 1 is 1.19 bits per heavy atom. The number of hydrogen-bond acceptors (Lipinski definition) is 2.